The fourth-order valence-electron chi connectivity index (χ4n) is 2.02. The van der Waals surface area contributed by atoms with Crippen LogP contribution in [-0.4, -0.2) is 35.7 Å². The minimum absolute atomic E-state index is 0.0421. The molecule has 1 fully saturated rings. The van der Waals surface area contributed by atoms with Crippen molar-refractivity contribution in [3.63, 3.8) is 0 Å². The molecular weight excluding hydrogens is 248 g/mol. The van der Waals surface area contributed by atoms with E-state index in [1.165, 1.54) is 12.1 Å². The summed E-state index contributed by atoms with van der Waals surface area (Å²) in [6.45, 7) is 4.02. The van der Waals surface area contributed by atoms with E-state index in [2.05, 4.69) is 15.6 Å². The van der Waals surface area contributed by atoms with Gasteiger partial charge >= 0.3 is 0 Å². The monoisotopic (exact) mass is 266 g/mol. The maximum absolute atomic E-state index is 10.9. The summed E-state index contributed by atoms with van der Waals surface area (Å²) in [7, 11) is 0. The van der Waals surface area contributed by atoms with Gasteiger partial charge in [0, 0.05) is 25.8 Å². The summed E-state index contributed by atoms with van der Waals surface area (Å²) in [5.41, 5.74) is 0.0421. The lowest BCUT2D eigenvalue weighted by Crippen LogP contribution is -2.28. The van der Waals surface area contributed by atoms with Gasteiger partial charge in [-0.15, -0.1) is 0 Å². The van der Waals surface area contributed by atoms with Gasteiger partial charge in [0.25, 0.3) is 5.69 Å². The fraction of sp³-hybridized carbons (Fsp3) is 0.583. The molecule has 2 N–H and O–H groups in total. The van der Waals surface area contributed by atoms with E-state index in [9.17, 15) is 10.1 Å². The van der Waals surface area contributed by atoms with Crippen molar-refractivity contribution >= 4 is 17.3 Å². The quantitative estimate of drug-likeness (QED) is 0.626. The van der Waals surface area contributed by atoms with Gasteiger partial charge in [0.1, 0.15) is 11.6 Å². The molecule has 19 heavy (non-hydrogen) atoms. The molecule has 0 unspecified atom stereocenters. The zero-order chi connectivity index (χ0) is 13.7. The van der Waals surface area contributed by atoms with Crippen LogP contribution in [0, 0.1) is 10.1 Å². The van der Waals surface area contributed by atoms with Crippen LogP contribution in [0.1, 0.15) is 19.8 Å². The Balaban J connectivity index is 2.15. The third kappa shape index (κ3) is 3.78. The zero-order valence-corrected chi connectivity index (χ0v) is 10.9. The van der Waals surface area contributed by atoms with Gasteiger partial charge in [-0.1, -0.05) is 0 Å². The fourth-order valence-corrected chi connectivity index (χ4v) is 2.02. The molecule has 1 aliphatic rings. The number of nitro groups is 1. The average molecular weight is 266 g/mol. The molecule has 0 radical (unpaired) electrons. The van der Waals surface area contributed by atoms with Crippen molar-refractivity contribution in [2.45, 2.75) is 25.8 Å². The summed E-state index contributed by atoms with van der Waals surface area (Å²) in [6.07, 6.45) is 1.78. The molecule has 2 heterocycles. The predicted molar refractivity (Wildman–Crippen MR) is 72.5 cm³/mol. The Morgan fingerprint density at radius 3 is 2.74 bits per heavy atom. The van der Waals surface area contributed by atoms with Crippen LogP contribution in [0.3, 0.4) is 0 Å². The molecule has 7 heteroatoms. The van der Waals surface area contributed by atoms with E-state index in [-0.39, 0.29) is 11.7 Å². The number of pyridine rings is 1. The Hall–Kier alpha value is -1.89. The second kappa shape index (κ2) is 6.33. The average Bonchev–Trinajstić information content (AvgIpc) is 2.40. The molecule has 0 spiro atoms. The Labute approximate surface area is 111 Å². The molecule has 0 saturated carbocycles. The van der Waals surface area contributed by atoms with Crippen LogP contribution in [0.2, 0.25) is 0 Å². The molecule has 1 aromatic rings. The topological polar surface area (TPSA) is 89.3 Å². The van der Waals surface area contributed by atoms with Crippen LogP contribution < -0.4 is 10.6 Å². The summed E-state index contributed by atoms with van der Waals surface area (Å²) in [5.74, 6) is 1.06. The van der Waals surface area contributed by atoms with E-state index in [1.54, 1.807) is 0 Å². The van der Waals surface area contributed by atoms with Crippen molar-refractivity contribution in [1.29, 1.82) is 0 Å². The minimum atomic E-state index is -0.405. The third-order valence-corrected chi connectivity index (χ3v) is 2.95. The first-order valence-corrected chi connectivity index (χ1v) is 6.43. The van der Waals surface area contributed by atoms with E-state index < -0.39 is 4.92 Å². The summed E-state index contributed by atoms with van der Waals surface area (Å²) in [5, 5.41) is 17.1. The normalized spacial score (nSPS) is 16.1. The van der Waals surface area contributed by atoms with E-state index in [1.807, 2.05) is 6.92 Å². The number of anilines is 2. The molecule has 0 atom stereocenters. The molecule has 104 valence electrons. The van der Waals surface area contributed by atoms with Gasteiger partial charge in [0.15, 0.2) is 0 Å². The van der Waals surface area contributed by atoms with Crippen molar-refractivity contribution < 1.29 is 9.66 Å². The number of nitrogens with zero attached hydrogens (tertiary/aromatic N) is 2. The van der Waals surface area contributed by atoms with Crippen molar-refractivity contribution in [1.82, 2.24) is 4.98 Å². The largest absolute Gasteiger partial charge is 0.381 e. The molecule has 0 aliphatic carbocycles. The first-order valence-electron chi connectivity index (χ1n) is 6.43. The highest BCUT2D eigenvalue weighted by molar-refractivity contribution is 5.55. The minimum Gasteiger partial charge on any atom is -0.381 e. The first kappa shape index (κ1) is 13.5. The molecule has 7 nitrogen and oxygen atoms in total. The maximum atomic E-state index is 10.9. The number of aromatic nitrogens is 1. The molecule has 1 aromatic heterocycles. The highest BCUT2D eigenvalue weighted by atomic mass is 16.6. The molecule has 1 saturated heterocycles. The number of hydrogen-bond donors (Lipinski definition) is 2. The van der Waals surface area contributed by atoms with Crippen molar-refractivity contribution in [3.05, 3.63) is 22.2 Å². The number of hydrogen-bond acceptors (Lipinski definition) is 6. The molecule has 0 amide bonds. The van der Waals surface area contributed by atoms with Crippen molar-refractivity contribution in [2.24, 2.45) is 0 Å². The van der Waals surface area contributed by atoms with Gasteiger partial charge in [-0.2, -0.15) is 0 Å². The summed E-state index contributed by atoms with van der Waals surface area (Å²) >= 11 is 0. The molecule has 1 aliphatic heterocycles. The Bertz CT molecular complexity index is 447. The van der Waals surface area contributed by atoms with E-state index in [4.69, 9.17) is 4.74 Å². The van der Waals surface area contributed by atoms with Gasteiger partial charge in [0.05, 0.1) is 17.1 Å². The van der Waals surface area contributed by atoms with Gasteiger partial charge in [-0.3, -0.25) is 10.1 Å². The molecule has 0 bridgehead atoms. The highest BCUT2D eigenvalue weighted by Crippen LogP contribution is 2.22. The zero-order valence-electron chi connectivity index (χ0n) is 10.9. The van der Waals surface area contributed by atoms with Gasteiger partial charge in [0.2, 0.25) is 0 Å². The van der Waals surface area contributed by atoms with Crippen LogP contribution in [0.15, 0.2) is 12.1 Å². The standard InChI is InChI=1S/C12H18N4O3/c1-2-13-11-7-10(16(17)18)8-12(15-11)14-9-3-5-19-6-4-9/h7-9H,2-6H2,1H3,(H2,13,14,15). The lowest BCUT2D eigenvalue weighted by Gasteiger charge is -2.23. The van der Waals surface area contributed by atoms with E-state index >= 15 is 0 Å². The Kier molecular flexibility index (Phi) is 4.51. The van der Waals surface area contributed by atoms with Crippen LogP contribution in [0.5, 0.6) is 0 Å². The van der Waals surface area contributed by atoms with Crippen LogP contribution in [0.4, 0.5) is 17.3 Å². The highest BCUT2D eigenvalue weighted by Gasteiger charge is 2.16. The first-order chi connectivity index (χ1) is 9.19. The van der Waals surface area contributed by atoms with Gasteiger partial charge in [-0.25, -0.2) is 4.98 Å². The SMILES string of the molecule is CCNc1cc([N+](=O)[O-])cc(NC2CCOCC2)n1. The van der Waals surface area contributed by atoms with Crippen LogP contribution in [0.25, 0.3) is 0 Å². The molecule has 2 rings (SSSR count). The van der Waals surface area contributed by atoms with Gasteiger partial charge in [-0.05, 0) is 19.8 Å². The van der Waals surface area contributed by atoms with Crippen LogP contribution in [-0.2, 0) is 4.74 Å². The third-order valence-electron chi connectivity index (χ3n) is 2.95. The Morgan fingerprint density at radius 1 is 1.42 bits per heavy atom. The molecular formula is C12H18N4O3. The number of ether oxygens (including phenoxy) is 1. The van der Waals surface area contributed by atoms with Crippen molar-refractivity contribution in [2.75, 3.05) is 30.4 Å². The lowest BCUT2D eigenvalue weighted by molar-refractivity contribution is -0.384. The predicted octanol–water partition coefficient (Wildman–Crippen LogP) is 2.01. The second-order valence-corrected chi connectivity index (χ2v) is 4.41. The summed E-state index contributed by atoms with van der Waals surface area (Å²) in [6, 6.07) is 3.17. The van der Waals surface area contributed by atoms with Crippen molar-refractivity contribution in [3.8, 4) is 0 Å². The Morgan fingerprint density at radius 2 is 2.11 bits per heavy atom. The summed E-state index contributed by atoms with van der Waals surface area (Å²) < 4.78 is 5.28. The number of rotatable bonds is 5. The summed E-state index contributed by atoms with van der Waals surface area (Å²) in [4.78, 5) is 14.8. The number of nitrogens with one attached hydrogen (secondary N) is 2. The smallest absolute Gasteiger partial charge is 0.276 e. The second-order valence-electron chi connectivity index (χ2n) is 4.41. The van der Waals surface area contributed by atoms with Gasteiger partial charge < -0.3 is 15.4 Å². The maximum Gasteiger partial charge on any atom is 0.276 e. The lowest BCUT2D eigenvalue weighted by atomic mass is 10.1. The van der Waals surface area contributed by atoms with E-state index in [0.29, 0.717) is 31.4 Å². The van der Waals surface area contributed by atoms with Crippen LogP contribution >= 0.6 is 0 Å². The van der Waals surface area contributed by atoms with E-state index in [0.717, 1.165) is 12.8 Å². The molecule has 0 aromatic carbocycles.